The van der Waals surface area contributed by atoms with E-state index in [9.17, 15) is 0 Å². The van der Waals surface area contributed by atoms with Crippen molar-refractivity contribution in [2.24, 2.45) is 0 Å². The van der Waals surface area contributed by atoms with E-state index in [2.05, 4.69) is 28.2 Å². The Morgan fingerprint density at radius 1 is 1.53 bits per heavy atom. The molecule has 3 rings (SSSR count). The molecule has 0 spiro atoms. The number of ether oxygens (including phenoxy) is 1. The molecule has 4 heteroatoms. The lowest BCUT2D eigenvalue weighted by atomic mass is 10.2. The van der Waals surface area contributed by atoms with Crippen LogP contribution >= 0.6 is 0 Å². The second-order valence-corrected chi connectivity index (χ2v) is 5.64. The van der Waals surface area contributed by atoms with Gasteiger partial charge in [0.2, 0.25) is 0 Å². The number of fused-ring (bicyclic) bond motifs is 1. The number of nitrogens with zero attached hydrogens (tertiary/aromatic N) is 2. The quantitative estimate of drug-likeness (QED) is 0.887. The number of nitrogens with one attached hydrogen (secondary N) is 1. The minimum atomic E-state index is 0.332. The molecule has 0 bridgehead atoms. The molecule has 0 amide bonds. The Bertz CT molecular complexity index is 424. The van der Waals surface area contributed by atoms with Gasteiger partial charge in [0, 0.05) is 31.9 Å². The molecule has 104 valence electrons. The number of rotatable bonds is 4. The molecular weight excluding hydrogens is 238 g/mol. The lowest BCUT2D eigenvalue weighted by molar-refractivity contribution is -0.0470. The molecule has 2 aliphatic heterocycles. The highest BCUT2D eigenvalue weighted by molar-refractivity contribution is 5.17. The predicted molar refractivity (Wildman–Crippen MR) is 75.0 cm³/mol. The maximum absolute atomic E-state index is 5.94. The van der Waals surface area contributed by atoms with Crippen molar-refractivity contribution in [1.29, 1.82) is 0 Å². The number of morpholine rings is 1. The highest BCUT2D eigenvalue weighted by Gasteiger charge is 2.31. The normalized spacial score (nSPS) is 27.4. The largest absolute Gasteiger partial charge is 0.374 e. The smallest absolute Gasteiger partial charge is 0.0827 e. The van der Waals surface area contributed by atoms with Gasteiger partial charge in [0.1, 0.15) is 0 Å². The van der Waals surface area contributed by atoms with Crippen LogP contribution in [0.4, 0.5) is 0 Å². The van der Waals surface area contributed by atoms with Gasteiger partial charge in [-0.05, 0) is 37.9 Å². The van der Waals surface area contributed by atoms with Gasteiger partial charge in [-0.25, -0.2) is 0 Å². The van der Waals surface area contributed by atoms with E-state index >= 15 is 0 Å². The van der Waals surface area contributed by atoms with E-state index in [-0.39, 0.29) is 0 Å². The van der Waals surface area contributed by atoms with Crippen LogP contribution in [0.25, 0.3) is 0 Å². The maximum atomic E-state index is 5.94. The number of hydrogen-bond acceptors (Lipinski definition) is 4. The van der Waals surface area contributed by atoms with Crippen molar-refractivity contribution in [3.63, 3.8) is 0 Å². The van der Waals surface area contributed by atoms with Crippen molar-refractivity contribution in [2.45, 2.75) is 38.5 Å². The average molecular weight is 261 g/mol. The summed E-state index contributed by atoms with van der Waals surface area (Å²) in [6.07, 6.45) is 4.84. The monoisotopic (exact) mass is 261 g/mol. The Hall–Kier alpha value is -0.970. The topological polar surface area (TPSA) is 37.4 Å². The van der Waals surface area contributed by atoms with E-state index in [1.165, 1.54) is 24.9 Å². The van der Waals surface area contributed by atoms with Crippen molar-refractivity contribution in [3.8, 4) is 0 Å². The summed E-state index contributed by atoms with van der Waals surface area (Å²) in [5.41, 5.74) is 2.39. The molecule has 1 N–H and O–H groups in total. The van der Waals surface area contributed by atoms with E-state index in [1.807, 2.05) is 12.3 Å². The van der Waals surface area contributed by atoms with Crippen molar-refractivity contribution >= 4 is 0 Å². The third-order valence-corrected chi connectivity index (χ3v) is 4.24. The second-order valence-electron chi connectivity index (χ2n) is 5.64. The van der Waals surface area contributed by atoms with E-state index in [1.54, 1.807) is 0 Å². The standard InChI is InChI=1S/C15H23N3O/c1-12-4-2-6-17-15(12)9-16-8-14-10-18-7-3-5-13(18)11-19-14/h2,4,6,13-14,16H,3,5,7-11H2,1H3. The van der Waals surface area contributed by atoms with Crippen LogP contribution in [0.2, 0.25) is 0 Å². The molecule has 0 aromatic carbocycles. The first-order chi connectivity index (χ1) is 9.33. The van der Waals surface area contributed by atoms with Gasteiger partial charge in [-0.15, -0.1) is 0 Å². The minimum Gasteiger partial charge on any atom is -0.374 e. The van der Waals surface area contributed by atoms with Crippen LogP contribution in [-0.4, -0.2) is 48.3 Å². The Labute approximate surface area is 115 Å². The predicted octanol–water partition coefficient (Wildman–Crippen LogP) is 1.34. The molecule has 2 saturated heterocycles. The first kappa shape index (κ1) is 13.0. The van der Waals surface area contributed by atoms with Gasteiger partial charge in [-0.3, -0.25) is 9.88 Å². The summed E-state index contributed by atoms with van der Waals surface area (Å²) < 4.78 is 5.94. The Morgan fingerprint density at radius 3 is 3.37 bits per heavy atom. The third-order valence-electron chi connectivity index (χ3n) is 4.24. The molecule has 1 aromatic heterocycles. The van der Waals surface area contributed by atoms with Crippen LogP contribution in [0.5, 0.6) is 0 Å². The molecule has 0 aliphatic carbocycles. The van der Waals surface area contributed by atoms with Gasteiger partial charge < -0.3 is 10.1 Å². The average Bonchev–Trinajstić information content (AvgIpc) is 2.88. The van der Waals surface area contributed by atoms with Crippen molar-refractivity contribution in [3.05, 3.63) is 29.6 Å². The highest BCUT2D eigenvalue weighted by Crippen LogP contribution is 2.22. The van der Waals surface area contributed by atoms with Gasteiger partial charge in [0.05, 0.1) is 18.4 Å². The lowest BCUT2D eigenvalue weighted by Gasteiger charge is -2.35. The molecule has 3 heterocycles. The first-order valence-corrected chi connectivity index (χ1v) is 7.30. The van der Waals surface area contributed by atoms with Crippen molar-refractivity contribution in [1.82, 2.24) is 15.2 Å². The summed E-state index contributed by atoms with van der Waals surface area (Å²) in [5, 5.41) is 3.48. The first-order valence-electron chi connectivity index (χ1n) is 7.30. The molecule has 19 heavy (non-hydrogen) atoms. The van der Waals surface area contributed by atoms with Crippen LogP contribution in [-0.2, 0) is 11.3 Å². The van der Waals surface area contributed by atoms with Gasteiger partial charge in [-0.2, -0.15) is 0 Å². The van der Waals surface area contributed by atoms with E-state index in [4.69, 9.17) is 4.74 Å². The second kappa shape index (κ2) is 5.99. The molecule has 2 atom stereocenters. The van der Waals surface area contributed by atoms with E-state index in [0.29, 0.717) is 12.1 Å². The molecule has 0 saturated carbocycles. The fourth-order valence-electron chi connectivity index (χ4n) is 3.06. The van der Waals surface area contributed by atoms with Crippen LogP contribution in [0.1, 0.15) is 24.1 Å². The zero-order valence-electron chi connectivity index (χ0n) is 11.6. The van der Waals surface area contributed by atoms with Crippen LogP contribution in [0.15, 0.2) is 18.3 Å². The summed E-state index contributed by atoms with van der Waals surface area (Å²) >= 11 is 0. The Balaban J connectivity index is 1.44. The SMILES string of the molecule is Cc1cccnc1CNCC1CN2CCCC2CO1. The molecule has 1 aromatic rings. The molecule has 4 nitrogen and oxygen atoms in total. The van der Waals surface area contributed by atoms with Crippen LogP contribution < -0.4 is 5.32 Å². The molecular formula is C15H23N3O. The fourth-order valence-corrected chi connectivity index (χ4v) is 3.06. The lowest BCUT2D eigenvalue weighted by Crippen LogP contribution is -2.49. The Kier molecular flexibility index (Phi) is 4.11. The van der Waals surface area contributed by atoms with Gasteiger partial charge in [0.15, 0.2) is 0 Å². The number of aromatic nitrogens is 1. The Morgan fingerprint density at radius 2 is 2.47 bits per heavy atom. The van der Waals surface area contributed by atoms with E-state index < -0.39 is 0 Å². The fraction of sp³-hybridized carbons (Fsp3) is 0.667. The molecule has 2 aliphatic rings. The summed E-state index contributed by atoms with van der Waals surface area (Å²) in [6, 6.07) is 4.78. The van der Waals surface area contributed by atoms with Gasteiger partial charge in [0.25, 0.3) is 0 Å². The minimum absolute atomic E-state index is 0.332. The van der Waals surface area contributed by atoms with Crippen LogP contribution in [0.3, 0.4) is 0 Å². The molecule has 2 unspecified atom stereocenters. The summed E-state index contributed by atoms with van der Waals surface area (Å²) in [4.78, 5) is 6.99. The van der Waals surface area contributed by atoms with Crippen LogP contribution in [0, 0.1) is 6.92 Å². The highest BCUT2D eigenvalue weighted by atomic mass is 16.5. The number of hydrogen-bond donors (Lipinski definition) is 1. The van der Waals surface area contributed by atoms with Gasteiger partial charge in [-0.1, -0.05) is 6.07 Å². The summed E-state index contributed by atoms with van der Waals surface area (Å²) in [7, 11) is 0. The molecule has 0 radical (unpaired) electrons. The molecule has 2 fully saturated rings. The van der Waals surface area contributed by atoms with E-state index in [0.717, 1.165) is 31.9 Å². The zero-order chi connectivity index (χ0) is 13.1. The summed E-state index contributed by atoms with van der Waals surface area (Å²) in [5.74, 6) is 0. The van der Waals surface area contributed by atoms with Crippen molar-refractivity contribution in [2.75, 3.05) is 26.2 Å². The zero-order valence-corrected chi connectivity index (χ0v) is 11.6. The number of pyridine rings is 1. The third kappa shape index (κ3) is 3.14. The van der Waals surface area contributed by atoms with Crippen molar-refractivity contribution < 1.29 is 4.74 Å². The summed E-state index contributed by atoms with van der Waals surface area (Å²) in [6.45, 7) is 7.10. The maximum Gasteiger partial charge on any atom is 0.0827 e. The number of aryl methyl sites for hydroxylation is 1. The van der Waals surface area contributed by atoms with Gasteiger partial charge >= 0.3 is 0 Å².